The summed E-state index contributed by atoms with van der Waals surface area (Å²) in [5.74, 6) is 7.61. The van der Waals surface area contributed by atoms with Crippen LogP contribution in [0.15, 0.2) is 36.4 Å². The van der Waals surface area contributed by atoms with E-state index >= 15 is 0 Å². The van der Waals surface area contributed by atoms with Crippen molar-refractivity contribution in [3.63, 3.8) is 0 Å². The molecule has 1 aliphatic heterocycles. The van der Waals surface area contributed by atoms with Crippen LogP contribution >= 0.6 is 23.1 Å². The van der Waals surface area contributed by atoms with Gasteiger partial charge in [-0.05, 0) is 47.9 Å². The van der Waals surface area contributed by atoms with Crippen LogP contribution in [0.2, 0.25) is 5.02 Å². The average Bonchev–Trinajstić information content (AvgIpc) is 3.41. The van der Waals surface area contributed by atoms with Crippen LogP contribution in [-0.2, 0) is 11.3 Å². The highest BCUT2D eigenvalue weighted by molar-refractivity contribution is 7.09. The summed E-state index contributed by atoms with van der Waals surface area (Å²) in [7, 11) is 1.68. The number of ether oxygens (including phenoxy) is 1. The van der Waals surface area contributed by atoms with Gasteiger partial charge in [0, 0.05) is 30.7 Å². The molecule has 1 unspecified atom stereocenters. The van der Waals surface area contributed by atoms with Crippen LogP contribution in [0.4, 0.5) is 5.82 Å². The molecule has 4 rings (SSSR count). The minimum Gasteiger partial charge on any atom is -0.388 e. The van der Waals surface area contributed by atoms with E-state index in [0.717, 1.165) is 24.3 Å². The van der Waals surface area contributed by atoms with Gasteiger partial charge in [-0.1, -0.05) is 23.4 Å². The molecule has 1 fully saturated rings. The van der Waals surface area contributed by atoms with Crippen molar-refractivity contribution < 1.29 is 9.84 Å². The number of hydrogen-bond acceptors (Lipinski definition) is 8. The maximum absolute atomic E-state index is 9.10. The lowest BCUT2D eigenvalue weighted by molar-refractivity contribution is 0.0602. The second-order valence-corrected chi connectivity index (χ2v) is 7.77. The monoisotopic (exact) mass is 427 g/mol. The Morgan fingerprint density at radius 2 is 2.07 bits per heavy atom. The van der Waals surface area contributed by atoms with Crippen LogP contribution in [0.3, 0.4) is 0 Å². The molecule has 29 heavy (non-hydrogen) atoms. The van der Waals surface area contributed by atoms with Crippen molar-refractivity contribution in [1.82, 2.24) is 19.6 Å². The van der Waals surface area contributed by atoms with E-state index in [0.29, 0.717) is 28.1 Å². The summed E-state index contributed by atoms with van der Waals surface area (Å²) in [5.41, 5.74) is 0.966. The van der Waals surface area contributed by atoms with Crippen molar-refractivity contribution in [1.29, 1.82) is 0 Å². The van der Waals surface area contributed by atoms with E-state index in [-0.39, 0.29) is 6.61 Å². The number of aliphatic hydroxyl groups is 1. The van der Waals surface area contributed by atoms with Gasteiger partial charge in [0.15, 0.2) is 16.6 Å². The highest BCUT2D eigenvalue weighted by atomic mass is 35.5. The molecular weight excluding hydrogens is 410 g/mol. The smallest absolute Gasteiger partial charge is 0.168 e. The summed E-state index contributed by atoms with van der Waals surface area (Å²) < 4.78 is 9.83. The zero-order valence-electron chi connectivity index (χ0n) is 15.7. The van der Waals surface area contributed by atoms with E-state index in [2.05, 4.69) is 36.3 Å². The lowest BCUT2D eigenvalue weighted by atomic mass is 10.0. The molecule has 1 aliphatic rings. The third kappa shape index (κ3) is 4.38. The first-order chi connectivity index (χ1) is 14.1. The number of nitrogens with zero attached hydrogens (tertiary/aromatic N) is 5. The van der Waals surface area contributed by atoms with Crippen molar-refractivity contribution in [2.24, 2.45) is 0 Å². The summed E-state index contributed by atoms with van der Waals surface area (Å²) in [6, 6.07) is 11.2. The third-order valence-electron chi connectivity index (χ3n) is 4.70. The van der Waals surface area contributed by atoms with E-state index in [9.17, 15) is 0 Å². The lowest BCUT2D eigenvalue weighted by Crippen LogP contribution is -2.34. The molecule has 9 heteroatoms. The molecule has 0 saturated carbocycles. The molecule has 0 bridgehead atoms. The summed E-state index contributed by atoms with van der Waals surface area (Å²) in [5, 5.41) is 19.0. The number of hydrogen-bond donors (Lipinski definition) is 1. The molecule has 0 amide bonds. The van der Waals surface area contributed by atoms with Gasteiger partial charge in [-0.2, -0.15) is 4.37 Å². The fraction of sp³-hybridized carbons (Fsp3) is 0.300. The summed E-state index contributed by atoms with van der Waals surface area (Å²) >= 11 is 7.12. The molecule has 3 aromatic rings. The van der Waals surface area contributed by atoms with Gasteiger partial charge >= 0.3 is 0 Å². The number of halogens is 1. The Balaban J connectivity index is 1.48. The van der Waals surface area contributed by atoms with Crippen LogP contribution in [0, 0.1) is 11.8 Å². The molecule has 1 aromatic carbocycles. The fourth-order valence-corrected chi connectivity index (χ4v) is 3.81. The maximum Gasteiger partial charge on any atom is 0.168 e. The summed E-state index contributed by atoms with van der Waals surface area (Å²) in [4.78, 5) is 6.32. The molecule has 0 aliphatic carbocycles. The molecule has 0 radical (unpaired) electrons. The summed E-state index contributed by atoms with van der Waals surface area (Å²) in [6.07, 6.45) is 0.768. The van der Waals surface area contributed by atoms with Crippen LogP contribution in [0.1, 0.15) is 17.8 Å². The molecule has 1 saturated heterocycles. The summed E-state index contributed by atoms with van der Waals surface area (Å²) in [6.45, 7) is 1.18. The van der Waals surface area contributed by atoms with E-state index < -0.39 is 5.60 Å². The van der Waals surface area contributed by atoms with Gasteiger partial charge in [-0.3, -0.25) is 0 Å². The number of anilines is 1. The second kappa shape index (κ2) is 8.43. The number of benzene rings is 1. The van der Waals surface area contributed by atoms with Crippen molar-refractivity contribution >= 4 is 29.0 Å². The predicted molar refractivity (Wildman–Crippen MR) is 112 cm³/mol. The Hall–Kier alpha value is -2.57. The standard InChI is InChI=1S/C20H18ClN5O2S/c1-28-20(9-8-14-2-4-15(21)5-3-14)10-11-26(13-20)18-7-6-16(23-24-18)19-22-17(12-27)25-29-19/h2-7,27H,10-13H2,1H3. The highest BCUT2D eigenvalue weighted by Gasteiger charge is 2.37. The first kappa shape index (κ1) is 19.7. The first-order valence-corrected chi connectivity index (χ1v) is 10.1. The van der Waals surface area contributed by atoms with E-state index in [4.69, 9.17) is 21.4 Å². The van der Waals surface area contributed by atoms with Gasteiger partial charge in [-0.25, -0.2) is 4.98 Å². The van der Waals surface area contributed by atoms with Gasteiger partial charge in [-0.15, -0.1) is 10.2 Å². The topological polar surface area (TPSA) is 84.3 Å². The largest absolute Gasteiger partial charge is 0.388 e. The Morgan fingerprint density at radius 3 is 2.72 bits per heavy atom. The zero-order valence-corrected chi connectivity index (χ0v) is 17.2. The Bertz CT molecular complexity index is 1050. The van der Waals surface area contributed by atoms with Gasteiger partial charge in [0.2, 0.25) is 0 Å². The van der Waals surface area contributed by atoms with E-state index in [1.165, 1.54) is 11.5 Å². The van der Waals surface area contributed by atoms with Crippen LogP contribution in [-0.4, -0.2) is 50.5 Å². The zero-order chi connectivity index (χ0) is 20.3. The minimum absolute atomic E-state index is 0.189. The molecule has 2 aromatic heterocycles. The quantitative estimate of drug-likeness (QED) is 0.641. The second-order valence-electron chi connectivity index (χ2n) is 6.58. The van der Waals surface area contributed by atoms with Crippen LogP contribution in [0.25, 0.3) is 10.7 Å². The van der Waals surface area contributed by atoms with Crippen molar-refractivity contribution in [2.45, 2.75) is 18.6 Å². The number of methoxy groups -OCH3 is 1. The van der Waals surface area contributed by atoms with Crippen LogP contribution in [0.5, 0.6) is 0 Å². The lowest BCUT2D eigenvalue weighted by Gasteiger charge is -2.22. The molecule has 1 atom stereocenters. The number of aliphatic hydroxyl groups excluding tert-OH is 1. The van der Waals surface area contributed by atoms with Gasteiger partial charge in [0.1, 0.15) is 17.9 Å². The number of aromatic nitrogens is 4. The van der Waals surface area contributed by atoms with Crippen molar-refractivity contribution in [3.8, 4) is 22.5 Å². The normalized spacial score (nSPS) is 18.5. The van der Waals surface area contributed by atoms with E-state index in [1.54, 1.807) is 7.11 Å². The molecule has 3 heterocycles. The molecule has 1 N–H and O–H groups in total. The SMILES string of the molecule is COC1(C#Cc2ccc(Cl)cc2)CCN(c2ccc(-c3nc(CO)ns3)nn2)C1. The van der Waals surface area contributed by atoms with Gasteiger partial charge in [0.25, 0.3) is 0 Å². The Labute approximate surface area is 177 Å². The van der Waals surface area contributed by atoms with Crippen molar-refractivity contribution in [2.75, 3.05) is 25.1 Å². The Morgan fingerprint density at radius 1 is 1.24 bits per heavy atom. The van der Waals surface area contributed by atoms with Gasteiger partial charge in [0.05, 0.1) is 6.54 Å². The highest BCUT2D eigenvalue weighted by Crippen LogP contribution is 2.29. The molecule has 0 spiro atoms. The van der Waals surface area contributed by atoms with Crippen LogP contribution < -0.4 is 4.90 Å². The molecule has 7 nitrogen and oxygen atoms in total. The minimum atomic E-state index is -0.560. The molecule has 148 valence electrons. The van der Waals surface area contributed by atoms with E-state index in [1.807, 2.05) is 36.4 Å². The third-order valence-corrected chi connectivity index (χ3v) is 5.73. The van der Waals surface area contributed by atoms with Crippen molar-refractivity contribution in [3.05, 3.63) is 52.8 Å². The first-order valence-electron chi connectivity index (χ1n) is 8.97. The fourth-order valence-electron chi connectivity index (χ4n) is 3.05. The van der Waals surface area contributed by atoms with Gasteiger partial charge < -0.3 is 14.7 Å². The maximum atomic E-state index is 9.10. The average molecular weight is 428 g/mol. The molecular formula is C20H18ClN5O2S. The Kier molecular flexibility index (Phi) is 5.74. The predicted octanol–water partition coefficient (Wildman–Crippen LogP) is 2.79. The number of rotatable bonds is 4.